The van der Waals surface area contributed by atoms with E-state index in [1.165, 1.54) is 6.92 Å². The molecule has 0 saturated carbocycles. The van der Waals surface area contributed by atoms with Gasteiger partial charge in [0.1, 0.15) is 5.75 Å². The lowest BCUT2D eigenvalue weighted by atomic mass is 10.1. The van der Waals surface area contributed by atoms with Gasteiger partial charge in [0, 0.05) is 17.3 Å². The monoisotopic (exact) mass is 232 g/mol. The second-order valence-corrected chi connectivity index (χ2v) is 3.58. The average molecular weight is 232 g/mol. The van der Waals surface area contributed by atoms with Crippen molar-refractivity contribution < 1.29 is 14.6 Å². The van der Waals surface area contributed by atoms with E-state index in [2.05, 4.69) is 10.2 Å². The molecule has 1 aromatic heterocycles. The fourth-order valence-corrected chi connectivity index (χ4v) is 1.45. The first kappa shape index (κ1) is 11.2. The summed E-state index contributed by atoms with van der Waals surface area (Å²) in [6.07, 6.45) is 2.50. The van der Waals surface area contributed by atoms with Gasteiger partial charge in [-0.15, -0.1) is 0 Å². The largest absolute Gasteiger partial charge is 0.479 e. The Bertz CT molecular complexity index is 508. The van der Waals surface area contributed by atoms with Crippen LogP contribution in [0.3, 0.4) is 0 Å². The Morgan fingerprint density at radius 1 is 1.47 bits per heavy atom. The van der Waals surface area contributed by atoms with Crippen LogP contribution in [0.15, 0.2) is 36.7 Å². The third kappa shape index (κ3) is 2.44. The number of aromatic amines is 1. The lowest BCUT2D eigenvalue weighted by molar-refractivity contribution is -0.144. The zero-order valence-electron chi connectivity index (χ0n) is 9.25. The maximum Gasteiger partial charge on any atom is 0.344 e. The smallest absolute Gasteiger partial charge is 0.344 e. The van der Waals surface area contributed by atoms with Crippen LogP contribution in [-0.2, 0) is 4.79 Å². The summed E-state index contributed by atoms with van der Waals surface area (Å²) in [7, 11) is 0. The number of aromatic nitrogens is 2. The molecule has 2 aromatic rings. The third-order valence-corrected chi connectivity index (χ3v) is 2.35. The Labute approximate surface area is 98.0 Å². The van der Waals surface area contributed by atoms with Crippen molar-refractivity contribution >= 4 is 5.97 Å². The number of ether oxygens (including phenoxy) is 1. The first-order valence-electron chi connectivity index (χ1n) is 5.16. The molecule has 1 atom stereocenters. The molecule has 1 unspecified atom stereocenters. The minimum Gasteiger partial charge on any atom is -0.479 e. The zero-order valence-corrected chi connectivity index (χ0v) is 9.25. The molecule has 5 heteroatoms. The first-order valence-corrected chi connectivity index (χ1v) is 5.16. The molecule has 0 bridgehead atoms. The van der Waals surface area contributed by atoms with Crippen molar-refractivity contribution in [3.05, 3.63) is 36.7 Å². The van der Waals surface area contributed by atoms with E-state index in [0.717, 1.165) is 11.1 Å². The summed E-state index contributed by atoms with van der Waals surface area (Å²) in [6.45, 7) is 1.49. The van der Waals surface area contributed by atoms with Crippen LogP contribution in [-0.4, -0.2) is 27.4 Å². The first-order chi connectivity index (χ1) is 8.18. The van der Waals surface area contributed by atoms with E-state index in [1.807, 2.05) is 12.1 Å². The molecule has 0 aliphatic carbocycles. The molecule has 1 heterocycles. The number of carboxylic acids is 1. The second kappa shape index (κ2) is 4.69. The molecule has 0 aliphatic rings. The van der Waals surface area contributed by atoms with Gasteiger partial charge in [0.2, 0.25) is 0 Å². The highest BCUT2D eigenvalue weighted by molar-refractivity contribution is 5.74. The van der Waals surface area contributed by atoms with Gasteiger partial charge in [-0.05, 0) is 13.0 Å². The standard InChI is InChI=1S/C12H12N2O3/c1-8(12(15)16)17-11-5-3-2-4-10(11)9-6-13-14-7-9/h2-8H,1H3,(H,13,14)(H,15,16). The summed E-state index contributed by atoms with van der Waals surface area (Å²) in [6, 6.07) is 7.25. The van der Waals surface area contributed by atoms with E-state index >= 15 is 0 Å². The van der Waals surface area contributed by atoms with Crippen LogP contribution in [0.25, 0.3) is 11.1 Å². The molecule has 0 radical (unpaired) electrons. The summed E-state index contributed by atoms with van der Waals surface area (Å²) in [5.41, 5.74) is 1.67. The fraction of sp³-hybridized carbons (Fsp3) is 0.167. The highest BCUT2D eigenvalue weighted by atomic mass is 16.5. The molecule has 17 heavy (non-hydrogen) atoms. The lowest BCUT2D eigenvalue weighted by Crippen LogP contribution is -2.23. The number of rotatable bonds is 4. The van der Waals surface area contributed by atoms with Gasteiger partial charge in [-0.2, -0.15) is 5.10 Å². The van der Waals surface area contributed by atoms with E-state index in [1.54, 1.807) is 24.5 Å². The topological polar surface area (TPSA) is 75.2 Å². The molecule has 0 aliphatic heterocycles. The van der Waals surface area contributed by atoms with E-state index in [0.29, 0.717) is 5.75 Å². The Hall–Kier alpha value is -2.30. The lowest BCUT2D eigenvalue weighted by Gasteiger charge is -2.13. The van der Waals surface area contributed by atoms with Gasteiger partial charge in [0.05, 0.1) is 6.20 Å². The summed E-state index contributed by atoms with van der Waals surface area (Å²) in [5.74, 6) is -0.462. The van der Waals surface area contributed by atoms with Crippen molar-refractivity contribution in [1.82, 2.24) is 10.2 Å². The van der Waals surface area contributed by atoms with Crippen molar-refractivity contribution in [2.45, 2.75) is 13.0 Å². The van der Waals surface area contributed by atoms with E-state index in [9.17, 15) is 4.79 Å². The number of hydrogen-bond acceptors (Lipinski definition) is 3. The van der Waals surface area contributed by atoms with E-state index in [4.69, 9.17) is 9.84 Å². The maximum absolute atomic E-state index is 10.8. The Morgan fingerprint density at radius 2 is 2.24 bits per heavy atom. The van der Waals surface area contributed by atoms with Crippen molar-refractivity contribution in [2.75, 3.05) is 0 Å². The Morgan fingerprint density at radius 3 is 2.88 bits per heavy atom. The average Bonchev–Trinajstić information content (AvgIpc) is 2.83. The fourth-order valence-electron chi connectivity index (χ4n) is 1.45. The van der Waals surface area contributed by atoms with Gasteiger partial charge in [-0.1, -0.05) is 18.2 Å². The van der Waals surface area contributed by atoms with Crippen LogP contribution in [0.2, 0.25) is 0 Å². The summed E-state index contributed by atoms with van der Waals surface area (Å²) in [4.78, 5) is 10.8. The number of nitrogens with one attached hydrogen (secondary N) is 1. The van der Waals surface area contributed by atoms with Gasteiger partial charge in [-0.25, -0.2) is 4.79 Å². The van der Waals surface area contributed by atoms with E-state index < -0.39 is 12.1 Å². The third-order valence-electron chi connectivity index (χ3n) is 2.35. The van der Waals surface area contributed by atoms with Gasteiger partial charge in [0.25, 0.3) is 0 Å². The second-order valence-electron chi connectivity index (χ2n) is 3.58. The summed E-state index contributed by atoms with van der Waals surface area (Å²) < 4.78 is 5.39. The number of para-hydroxylation sites is 1. The van der Waals surface area contributed by atoms with E-state index in [-0.39, 0.29) is 0 Å². The number of carbonyl (C=O) groups is 1. The maximum atomic E-state index is 10.8. The molecule has 88 valence electrons. The SMILES string of the molecule is CC(Oc1ccccc1-c1cn[nH]c1)C(=O)O. The number of H-pyrrole nitrogens is 1. The minimum atomic E-state index is -0.994. The van der Waals surface area contributed by atoms with Crippen molar-refractivity contribution in [3.8, 4) is 16.9 Å². The van der Waals surface area contributed by atoms with Crippen LogP contribution < -0.4 is 4.74 Å². The number of hydrogen-bond donors (Lipinski definition) is 2. The van der Waals surface area contributed by atoms with Crippen molar-refractivity contribution in [3.63, 3.8) is 0 Å². The molecule has 0 fully saturated rings. The van der Waals surface area contributed by atoms with Crippen molar-refractivity contribution in [1.29, 1.82) is 0 Å². The minimum absolute atomic E-state index is 0.531. The highest BCUT2D eigenvalue weighted by Gasteiger charge is 2.15. The highest BCUT2D eigenvalue weighted by Crippen LogP contribution is 2.29. The number of aliphatic carboxylic acids is 1. The van der Waals surface area contributed by atoms with Crippen LogP contribution >= 0.6 is 0 Å². The van der Waals surface area contributed by atoms with Crippen LogP contribution in [0.5, 0.6) is 5.75 Å². The van der Waals surface area contributed by atoms with Gasteiger partial charge >= 0.3 is 5.97 Å². The molecule has 1 aromatic carbocycles. The summed E-state index contributed by atoms with van der Waals surface area (Å²) >= 11 is 0. The Balaban J connectivity index is 2.32. The molecule has 2 rings (SSSR count). The predicted octanol–water partition coefficient (Wildman–Crippen LogP) is 1.93. The predicted molar refractivity (Wildman–Crippen MR) is 61.7 cm³/mol. The number of carboxylic acid groups (broad SMARTS) is 1. The zero-order chi connectivity index (χ0) is 12.3. The molecule has 0 spiro atoms. The molecule has 5 nitrogen and oxygen atoms in total. The Kier molecular flexibility index (Phi) is 3.09. The van der Waals surface area contributed by atoms with Crippen molar-refractivity contribution in [2.24, 2.45) is 0 Å². The van der Waals surface area contributed by atoms with Gasteiger partial charge < -0.3 is 9.84 Å². The molecular weight excluding hydrogens is 220 g/mol. The normalized spacial score (nSPS) is 12.1. The molecule has 0 saturated heterocycles. The van der Waals surface area contributed by atoms with Gasteiger partial charge in [-0.3, -0.25) is 5.10 Å². The van der Waals surface area contributed by atoms with Gasteiger partial charge in [0.15, 0.2) is 6.10 Å². The molecule has 2 N–H and O–H groups in total. The van der Waals surface area contributed by atoms with Crippen LogP contribution in [0.4, 0.5) is 0 Å². The molecule has 0 amide bonds. The van der Waals surface area contributed by atoms with Crippen LogP contribution in [0.1, 0.15) is 6.92 Å². The quantitative estimate of drug-likeness (QED) is 0.844. The molecular formula is C12H12N2O3. The number of nitrogens with zero attached hydrogens (tertiary/aromatic N) is 1. The number of benzene rings is 1. The summed E-state index contributed by atoms with van der Waals surface area (Å²) in [5, 5.41) is 15.4. The van der Waals surface area contributed by atoms with Crippen LogP contribution in [0, 0.1) is 0 Å².